The molecule has 0 saturated carbocycles. The first-order chi connectivity index (χ1) is 10.0. The molecule has 0 aliphatic carbocycles. The maximum absolute atomic E-state index is 11.9. The van der Waals surface area contributed by atoms with Crippen molar-refractivity contribution in [3.63, 3.8) is 0 Å². The Labute approximate surface area is 132 Å². The Bertz CT molecular complexity index is 622. The smallest absolute Gasteiger partial charge is 0.308 e. The second-order valence-corrected chi connectivity index (χ2v) is 6.45. The van der Waals surface area contributed by atoms with Gasteiger partial charge in [-0.25, -0.2) is 14.8 Å². The number of para-hydroxylation sites is 1. The molecule has 5 nitrogen and oxygen atoms in total. The number of hydrogen-bond acceptors (Lipinski definition) is 4. The monoisotopic (exact) mass is 322 g/mol. The van der Waals surface area contributed by atoms with Crippen LogP contribution in [0, 0.1) is 0 Å². The molecule has 0 saturated heterocycles. The van der Waals surface area contributed by atoms with Crippen molar-refractivity contribution in [3.05, 3.63) is 41.6 Å². The third-order valence-electron chi connectivity index (χ3n) is 2.28. The Morgan fingerprint density at radius 2 is 1.90 bits per heavy atom. The van der Waals surface area contributed by atoms with Gasteiger partial charge in [-0.1, -0.05) is 43.6 Å². The van der Waals surface area contributed by atoms with E-state index in [4.69, 9.17) is 11.6 Å². The highest BCUT2D eigenvalue weighted by Crippen LogP contribution is 2.24. The number of benzene rings is 1. The molecule has 0 fully saturated rings. The molecule has 2 N–H and O–H groups in total. The van der Waals surface area contributed by atoms with Crippen LogP contribution in [0.5, 0.6) is 0 Å². The van der Waals surface area contributed by atoms with Crippen LogP contribution < -0.4 is 10.6 Å². The fourth-order valence-electron chi connectivity index (χ4n) is 1.54. The highest BCUT2D eigenvalue weighted by atomic mass is 35.5. The van der Waals surface area contributed by atoms with Gasteiger partial charge in [-0.05, 0) is 12.1 Å². The molecule has 1 aromatic carbocycles. The first-order valence-corrected chi connectivity index (χ1v) is 7.63. The largest absolute Gasteiger partial charge is 0.326 e. The fraction of sp³-hybridized carbons (Fsp3) is 0.214. The van der Waals surface area contributed by atoms with Crippen LogP contribution in [-0.2, 0) is 0 Å². The van der Waals surface area contributed by atoms with Gasteiger partial charge in [-0.15, -0.1) is 11.8 Å². The Morgan fingerprint density at radius 3 is 2.57 bits per heavy atom. The van der Waals surface area contributed by atoms with Crippen molar-refractivity contribution in [2.24, 2.45) is 0 Å². The van der Waals surface area contributed by atoms with Gasteiger partial charge in [0.15, 0.2) is 0 Å². The molecule has 0 atom stereocenters. The van der Waals surface area contributed by atoms with E-state index < -0.39 is 6.03 Å². The van der Waals surface area contributed by atoms with E-state index >= 15 is 0 Å². The van der Waals surface area contributed by atoms with Gasteiger partial charge in [0.05, 0.1) is 0 Å². The number of amides is 2. The Morgan fingerprint density at radius 1 is 1.19 bits per heavy atom. The van der Waals surface area contributed by atoms with Crippen molar-refractivity contribution in [1.29, 1.82) is 0 Å². The van der Waals surface area contributed by atoms with Gasteiger partial charge < -0.3 is 5.32 Å². The minimum Gasteiger partial charge on any atom is -0.308 e. The van der Waals surface area contributed by atoms with Gasteiger partial charge in [0.25, 0.3) is 0 Å². The maximum Gasteiger partial charge on any atom is 0.326 e. The average molecular weight is 323 g/mol. The standard InChI is InChI=1S/C14H15ClN4OS/c1-9(2)21-12-8-11(15)17-13(18-12)19-14(20)16-10-6-4-3-5-7-10/h3-9H,1-2H3,(H2,16,17,18,19,20). The number of thioether (sulfide) groups is 1. The fourth-order valence-corrected chi connectivity index (χ4v) is 2.59. The molecule has 0 aliphatic rings. The van der Waals surface area contributed by atoms with Crippen LogP contribution in [-0.4, -0.2) is 21.2 Å². The summed E-state index contributed by atoms with van der Waals surface area (Å²) in [5, 5.41) is 6.64. The van der Waals surface area contributed by atoms with Crippen LogP contribution in [0.3, 0.4) is 0 Å². The minimum absolute atomic E-state index is 0.180. The predicted octanol–water partition coefficient (Wildman–Crippen LogP) is 4.27. The number of carbonyl (C=O) groups is 1. The molecule has 2 rings (SSSR count). The summed E-state index contributed by atoms with van der Waals surface area (Å²) in [6.07, 6.45) is 0. The SMILES string of the molecule is CC(C)Sc1cc(Cl)nc(NC(=O)Nc2ccccc2)n1. The van der Waals surface area contributed by atoms with Crippen molar-refractivity contribution in [3.8, 4) is 0 Å². The molecule has 0 spiro atoms. The van der Waals surface area contributed by atoms with Crippen LogP contribution in [0.1, 0.15) is 13.8 Å². The lowest BCUT2D eigenvalue weighted by Crippen LogP contribution is -2.21. The first kappa shape index (κ1) is 15.6. The molecule has 1 heterocycles. The summed E-state index contributed by atoms with van der Waals surface area (Å²) in [7, 11) is 0. The normalized spacial score (nSPS) is 10.5. The number of anilines is 2. The Balaban J connectivity index is 2.05. The van der Waals surface area contributed by atoms with E-state index in [9.17, 15) is 4.79 Å². The van der Waals surface area contributed by atoms with E-state index in [0.29, 0.717) is 16.1 Å². The maximum atomic E-state index is 11.9. The van der Waals surface area contributed by atoms with Gasteiger partial charge in [-0.2, -0.15) is 0 Å². The number of carbonyl (C=O) groups excluding carboxylic acids is 1. The molecule has 0 bridgehead atoms. The van der Waals surface area contributed by atoms with Crippen LogP contribution in [0.15, 0.2) is 41.4 Å². The van der Waals surface area contributed by atoms with Crippen molar-refractivity contribution in [2.75, 3.05) is 10.6 Å². The summed E-state index contributed by atoms with van der Waals surface area (Å²) in [5.41, 5.74) is 0.689. The highest BCUT2D eigenvalue weighted by Gasteiger charge is 2.09. The summed E-state index contributed by atoms with van der Waals surface area (Å²) in [6.45, 7) is 4.10. The van der Waals surface area contributed by atoms with E-state index in [1.54, 1.807) is 30.0 Å². The third kappa shape index (κ3) is 5.24. The molecule has 110 valence electrons. The van der Waals surface area contributed by atoms with Gasteiger partial charge in [0.1, 0.15) is 10.2 Å². The lowest BCUT2D eigenvalue weighted by atomic mass is 10.3. The summed E-state index contributed by atoms with van der Waals surface area (Å²) in [5.74, 6) is 0.180. The van der Waals surface area contributed by atoms with E-state index in [0.717, 1.165) is 5.03 Å². The average Bonchev–Trinajstić information content (AvgIpc) is 2.37. The predicted molar refractivity (Wildman–Crippen MR) is 87.1 cm³/mol. The summed E-state index contributed by atoms with van der Waals surface area (Å²) < 4.78 is 0. The zero-order chi connectivity index (χ0) is 15.2. The quantitative estimate of drug-likeness (QED) is 0.651. The lowest BCUT2D eigenvalue weighted by Gasteiger charge is -2.09. The van der Waals surface area contributed by atoms with E-state index in [1.165, 1.54) is 0 Å². The molecule has 0 aliphatic heterocycles. The molecule has 21 heavy (non-hydrogen) atoms. The second-order valence-electron chi connectivity index (χ2n) is 4.46. The van der Waals surface area contributed by atoms with Crippen LogP contribution in [0.2, 0.25) is 5.15 Å². The summed E-state index contributed by atoms with van der Waals surface area (Å²) in [6, 6.07) is 10.4. The Hall–Kier alpha value is -1.79. The van der Waals surface area contributed by atoms with Gasteiger partial charge in [0, 0.05) is 17.0 Å². The zero-order valence-electron chi connectivity index (χ0n) is 11.6. The molecule has 0 radical (unpaired) electrons. The molecule has 2 amide bonds. The van der Waals surface area contributed by atoms with Crippen molar-refractivity contribution in [2.45, 2.75) is 24.1 Å². The number of nitrogens with zero attached hydrogens (tertiary/aromatic N) is 2. The Kier molecular flexibility index (Phi) is 5.41. The van der Waals surface area contributed by atoms with E-state index in [-0.39, 0.29) is 5.95 Å². The molecule has 1 aromatic heterocycles. The highest BCUT2D eigenvalue weighted by molar-refractivity contribution is 7.99. The molecule has 0 unspecified atom stereocenters. The van der Waals surface area contributed by atoms with Crippen LogP contribution in [0.25, 0.3) is 0 Å². The third-order valence-corrected chi connectivity index (χ3v) is 3.40. The lowest BCUT2D eigenvalue weighted by molar-refractivity contribution is 0.262. The zero-order valence-corrected chi connectivity index (χ0v) is 13.2. The molecule has 7 heteroatoms. The second kappa shape index (κ2) is 7.28. The van der Waals surface area contributed by atoms with Crippen LogP contribution >= 0.6 is 23.4 Å². The van der Waals surface area contributed by atoms with Crippen LogP contribution in [0.4, 0.5) is 16.4 Å². The van der Waals surface area contributed by atoms with Crippen molar-refractivity contribution < 1.29 is 4.79 Å². The van der Waals surface area contributed by atoms with Gasteiger partial charge in [-0.3, -0.25) is 5.32 Å². The van der Waals surface area contributed by atoms with Gasteiger partial charge >= 0.3 is 6.03 Å². The van der Waals surface area contributed by atoms with Crippen molar-refractivity contribution >= 4 is 41.0 Å². The number of halogens is 1. The van der Waals surface area contributed by atoms with Gasteiger partial charge in [0.2, 0.25) is 5.95 Å². The number of urea groups is 1. The summed E-state index contributed by atoms with van der Waals surface area (Å²) in [4.78, 5) is 20.1. The molecule has 2 aromatic rings. The minimum atomic E-state index is -0.413. The number of nitrogens with one attached hydrogen (secondary N) is 2. The molecular weight excluding hydrogens is 308 g/mol. The van der Waals surface area contributed by atoms with Crippen molar-refractivity contribution in [1.82, 2.24) is 9.97 Å². The number of rotatable bonds is 4. The number of aromatic nitrogens is 2. The summed E-state index contributed by atoms with van der Waals surface area (Å²) >= 11 is 7.49. The van der Waals surface area contributed by atoms with E-state index in [1.807, 2.05) is 18.2 Å². The topological polar surface area (TPSA) is 66.9 Å². The van der Waals surface area contributed by atoms with E-state index in [2.05, 4.69) is 34.4 Å². The number of hydrogen-bond donors (Lipinski definition) is 2. The molecular formula is C14H15ClN4OS. The first-order valence-electron chi connectivity index (χ1n) is 6.37.